The Balaban J connectivity index is 2.81. The standard InChI is InChI=1S/C10H6FNS2/c1-13-10-8(11)3-2-6-4-7(5-12)14-9(6)10/h2-4H,1H3. The van der Waals surface area contributed by atoms with E-state index in [0.717, 1.165) is 10.1 Å². The Morgan fingerprint density at radius 1 is 1.50 bits per heavy atom. The van der Waals surface area contributed by atoms with Crippen LogP contribution in [0.2, 0.25) is 0 Å². The number of benzene rings is 1. The monoisotopic (exact) mass is 223 g/mol. The van der Waals surface area contributed by atoms with Crippen molar-refractivity contribution < 1.29 is 4.39 Å². The molecule has 1 nitrogen and oxygen atoms in total. The van der Waals surface area contributed by atoms with E-state index in [9.17, 15) is 4.39 Å². The lowest BCUT2D eigenvalue weighted by molar-refractivity contribution is 0.606. The number of hydrogen-bond donors (Lipinski definition) is 0. The van der Waals surface area contributed by atoms with Crippen molar-refractivity contribution in [2.75, 3.05) is 6.26 Å². The summed E-state index contributed by atoms with van der Waals surface area (Å²) in [5, 5.41) is 9.67. The molecule has 70 valence electrons. The number of fused-ring (bicyclic) bond motifs is 1. The molecule has 0 saturated carbocycles. The molecule has 0 aliphatic rings. The van der Waals surface area contributed by atoms with Crippen LogP contribution in [0.15, 0.2) is 23.1 Å². The van der Waals surface area contributed by atoms with Gasteiger partial charge in [-0.3, -0.25) is 0 Å². The van der Waals surface area contributed by atoms with Crippen LogP contribution in [-0.2, 0) is 0 Å². The minimum Gasteiger partial charge on any atom is -0.206 e. The van der Waals surface area contributed by atoms with Crippen LogP contribution in [-0.4, -0.2) is 6.26 Å². The van der Waals surface area contributed by atoms with Gasteiger partial charge in [0.05, 0.1) is 9.60 Å². The quantitative estimate of drug-likeness (QED) is 0.689. The summed E-state index contributed by atoms with van der Waals surface area (Å²) in [6.45, 7) is 0. The van der Waals surface area contributed by atoms with Gasteiger partial charge in [0.2, 0.25) is 0 Å². The summed E-state index contributed by atoms with van der Waals surface area (Å²) in [6, 6.07) is 7.02. The average Bonchev–Trinajstić information content (AvgIpc) is 2.60. The van der Waals surface area contributed by atoms with E-state index in [1.165, 1.54) is 29.2 Å². The molecule has 0 radical (unpaired) electrons. The highest BCUT2D eigenvalue weighted by Gasteiger charge is 2.09. The van der Waals surface area contributed by atoms with Crippen molar-refractivity contribution in [3.8, 4) is 6.07 Å². The highest BCUT2D eigenvalue weighted by atomic mass is 32.2. The number of thiophene rings is 1. The van der Waals surface area contributed by atoms with Gasteiger partial charge in [-0.1, -0.05) is 6.07 Å². The van der Waals surface area contributed by atoms with E-state index in [4.69, 9.17) is 5.26 Å². The maximum atomic E-state index is 13.3. The second-order valence-electron chi connectivity index (χ2n) is 2.72. The molecular formula is C10H6FNS2. The first kappa shape index (κ1) is 9.50. The van der Waals surface area contributed by atoms with Gasteiger partial charge in [0.1, 0.15) is 16.8 Å². The highest BCUT2D eigenvalue weighted by molar-refractivity contribution is 7.99. The molecule has 14 heavy (non-hydrogen) atoms. The second-order valence-corrected chi connectivity index (χ2v) is 4.59. The maximum absolute atomic E-state index is 13.3. The molecule has 0 unspecified atom stereocenters. The zero-order valence-electron chi connectivity index (χ0n) is 7.37. The summed E-state index contributed by atoms with van der Waals surface area (Å²) in [5.74, 6) is -0.212. The zero-order chi connectivity index (χ0) is 10.1. The fraction of sp³-hybridized carbons (Fsp3) is 0.100. The van der Waals surface area contributed by atoms with Crippen LogP contribution in [0.5, 0.6) is 0 Å². The molecule has 1 aromatic carbocycles. The van der Waals surface area contributed by atoms with Gasteiger partial charge >= 0.3 is 0 Å². The summed E-state index contributed by atoms with van der Waals surface area (Å²) in [4.78, 5) is 1.26. The largest absolute Gasteiger partial charge is 0.206 e. The third kappa shape index (κ3) is 1.39. The van der Waals surface area contributed by atoms with Crippen molar-refractivity contribution in [3.63, 3.8) is 0 Å². The van der Waals surface area contributed by atoms with Gasteiger partial charge in [-0.25, -0.2) is 4.39 Å². The molecule has 0 atom stereocenters. The fourth-order valence-corrected chi connectivity index (χ4v) is 3.13. The summed E-state index contributed by atoms with van der Waals surface area (Å²) >= 11 is 2.72. The summed E-state index contributed by atoms with van der Waals surface area (Å²) in [7, 11) is 0. The van der Waals surface area contributed by atoms with Gasteiger partial charge in [-0.15, -0.1) is 23.1 Å². The third-order valence-corrected chi connectivity index (χ3v) is 3.92. The maximum Gasteiger partial charge on any atom is 0.138 e. The Morgan fingerprint density at radius 3 is 2.93 bits per heavy atom. The number of thioether (sulfide) groups is 1. The number of nitrogens with zero attached hydrogens (tertiary/aromatic N) is 1. The van der Waals surface area contributed by atoms with Crippen molar-refractivity contribution in [3.05, 3.63) is 28.9 Å². The molecule has 0 saturated heterocycles. The molecule has 0 bridgehead atoms. The van der Waals surface area contributed by atoms with Crippen LogP contribution < -0.4 is 0 Å². The highest BCUT2D eigenvalue weighted by Crippen LogP contribution is 2.34. The van der Waals surface area contributed by atoms with Crippen molar-refractivity contribution in [2.24, 2.45) is 0 Å². The average molecular weight is 223 g/mol. The molecule has 0 aliphatic heterocycles. The fourth-order valence-electron chi connectivity index (χ4n) is 1.30. The smallest absolute Gasteiger partial charge is 0.138 e. The molecule has 1 aromatic heterocycles. The normalized spacial score (nSPS) is 10.4. The van der Waals surface area contributed by atoms with Gasteiger partial charge in [-0.2, -0.15) is 5.26 Å². The predicted octanol–water partition coefficient (Wildman–Crippen LogP) is 3.63. The van der Waals surface area contributed by atoms with Crippen molar-refractivity contribution in [2.45, 2.75) is 4.90 Å². The number of halogens is 1. The molecule has 0 amide bonds. The number of rotatable bonds is 1. The van der Waals surface area contributed by atoms with Crippen LogP contribution in [0.4, 0.5) is 4.39 Å². The van der Waals surface area contributed by atoms with Gasteiger partial charge in [0.15, 0.2) is 0 Å². The van der Waals surface area contributed by atoms with E-state index in [2.05, 4.69) is 6.07 Å². The van der Waals surface area contributed by atoms with Gasteiger partial charge < -0.3 is 0 Å². The van der Waals surface area contributed by atoms with Crippen LogP contribution in [0.3, 0.4) is 0 Å². The molecule has 1 heterocycles. The van der Waals surface area contributed by atoms with Crippen LogP contribution >= 0.6 is 23.1 Å². The Bertz CT molecular complexity index is 525. The minimum atomic E-state index is -0.212. The van der Waals surface area contributed by atoms with Gasteiger partial charge in [0.25, 0.3) is 0 Å². The molecule has 0 N–H and O–H groups in total. The lowest BCUT2D eigenvalue weighted by Crippen LogP contribution is -1.78. The Hall–Kier alpha value is -1.05. The van der Waals surface area contributed by atoms with Crippen LogP contribution in [0, 0.1) is 17.1 Å². The first-order chi connectivity index (χ1) is 6.76. The molecule has 4 heteroatoms. The SMILES string of the molecule is CSc1c(F)ccc2cc(C#N)sc12. The summed E-state index contributed by atoms with van der Waals surface area (Å²) in [6.07, 6.45) is 1.84. The third-order valence-electron chi connectivity index (χ3n) is 1.91. The first-order valence-electron chi connectivity index (χ1n) is 3.92. The topological polar surface area (TPSA) is 23.8 Å². The molecule has 2 aromatic rings. The molecule has 2 rings (SSSR count). The molecule has 0 aliphatic carbocycles. The molecule has 0 spiro atoms. The van der Waals surface area contributed by atoms with Gasteiger partial charge in [0, 0.05) is 0 Å². The Labute approximate surface area is 89.2 Å². The zero-order valence-corrected chi connectivity index (χ0v) is 9.01. The second kappa shape index (κ2) is 3.60. The van der Waals surface area contributed by atoms with Crippen molar-refractivity contribution >= 4 is 33.2 Å². The Kier molecular flexibility index (Phi) is 2.44. The van der Waals surface area contributed by atoms with Crippen molar-refractivity contribution in [1.82, 2.24) is 0 Å². The number of hydrogen-bond acceptors (Lipinski definition) is 3. The minimum absolute atomic E-state index is 0.212. The van der Waals surface area contributed by atoms with E-state index in [-0.39, 0.29) is 5.82 Å². The Morgan fingerprint density at radius 2 is 2.29 bits per heavy atom. The van der Waals surface area contributed by atoms with Crippen molar-refractivity contribution in [1.29, 1.82) is 5.26 Å². The predicted molar refractivity (Wildman–Crippen MR) is 58.3 cm³/mol. The number of nitriles is 1. The van der Waals surface area contributed by atoms with Gasteiger partial charge in [-0.05, 0) is 23.8 Å². The van der Waals surface area contributed by atoms with Crippen LogP contribution in [0.25, 0.3) is 10.1 Å². The van der Waals surface area contributed by atoms with E-state index in [1.54, 1.807) is 12.1 Å². The molecule has 0 fully saturated rings. The lowest BCUT2D eigenvalue weighted by atomic mass is 10.2. The van der Waals surface area contributed by atoms with E-state index in [0.29, 0.717) is 9.77 Å². The van der Waals surface area contributed by atoms with E-state index >= 15 is 0 Å². The van der Waals surface area contributed by atoms with E-state index < -0.39 is 0 Å². The first-order valence-corrected chi connectivity index (χ1v) is 5.96. The van der Waals surface area contributed by atoms with Crippen LogP contribution in [0.1, 0.15) is 4.88 Å². The molecular weight excluding hydrogens is 217 g/mol. The summed E-state index contributed by atoms with van der Waals surface area (Å²) in [5.41, 5.74) is 0. The van der Waals surface area contributed by atoms with E-state index in [1.807, 2.05) is 6.26 Å². The summed E-state index contributed by atoms with van der Waals surface area (Å²) < 4.78 is 14.2. The lowest BCUT2D eigenvalue weighted by Gasteiger charge is -1.99.